The van der Waals surface area contributed by atoms with Gasteiger partial charge in [0.25, 0.3) is 0 Å². The van der Waals surface area contributed by atoms with Gasteiger partial charge in [-0.15, -0.1) is 0 Å². The number of rotatable bonds is 9. The molecular formula is C24H32N6O3. The molecule has 1 aliphatic rings. The average molecular weight is 453 g/mol. The first kappa shape index (κ1) is 23.2. The monoisotopic (exact) mass is 452 g/mol. The van der Waals surface area contributed by atoms with Crippen molar-refractivity contribution in [3.63, 3.8) is 0 Å². The maximum Gasteiger partial charge on any atom is 0.162 e. The van der Waals surface area contributed by atoms with Crippen molar-refractivity contribution in [1.82, 2.24) is 25.5 Å². The normalized spacial score (nSPS) is 15.4. The molecule has 4 N–H and O–H groups in total. The summed E-state index contributed by atoms with van der Waals surface area (Å²) in [7, 11) is 1.80. The fourth-order valence-electron chi connectivity index (χ4n) is 3.97. The molecular weight excluding hydrogens is 420 g/mol. The van der Waals surface area contributed by atoms with Crippen LogP contribution in [0.3, 0.4) is 0 Å². The Balaban J connectivity index is 1.66. The molecule has 176 valence electrons. The molecule has 2 aromatic heterocycles. The Morgan fingerprint density at radius 3 is 2.76 bits per heavy atom. The summed E-state index contributed by atoms with van der Waals surface area (Å²) < 4.78 is 11.3. The van der Waals surface area contributed by atoms with Gasteiger partial charge in [-0.25, -0.2) is 9.97 Å². The molecule has 9 nitrogen and oxygen atoms in total. The smallest absolute Gasteiger partial charge is 0.162 e. The molecule has 0 aliphatic carbocycles. The Hall–Kier alpha value is -3.01. The van der Waals surface area contributed by atoms with Gasteiger partial charge in [-0.2, -0.15) is 5.10 Å². The van der Waals surface area contributed by atoms with Crippen LogP contribution in [0, 0.1) is 13.8 Å². The van der Waals surface area contributed by atoms with E-state index in [2.05, 4.69) is 20.8 Å². The number of hydrogen-bond donors (Lipinski definition) is 4. The van der Waals surface area contributed by atoms with Crippen molar-refractivity contribution < 1.29 is 14.6 Å². The molecule has 0 bridgehead atoms. The Labute approximate surface area is 194 Å². The number of nitrogens with zero attached hydrogens (tertiary/aromatic N) is 3. The molecule has 1 saturated heterocycles. The lowest BCUT2D eigenvalue weighted by molar-refractivity contribution is 0.0904. The van der Waals surface area contributed by atoms with Crippen LogP contribution in [0.15, 0.2) is 30.3 Å². The number of aliphatic hydroxyl groups is 1. The molecule has 0 saturated carbocycles. The number of aromatic amines is 1. The van der Waals surface area contributed by atoms with E-state index in [4.69, 9.17) is 19.4 Å². The molecule has 33 heavy (non-hydrogen) atoms. The second-order valence-corrected chi connectivity index (χ2v) is 8.35. The molecule has 9 heteroatoms. The molecule has 1 aromatic carbocycles. The van der Waals surface area contributed by atoms with Crippen molar-refractivity contribution in [3.05, 3.63) is 41.7 Å². The highest BCUT2D eigenvalue weighted by Crippen LogP contribution is 2.30. The zero-order valence-electron chi connectivity index (χ0n) is 19.4. The number of nitrogens with one attached hydrogen (secondary N) is 3. The average Bonchev–Trinajstić information content (AvgIpc) is 3.16. The van der Waals surface area contributed by atoms with E-state index in [0.29, 0.717) is 24.2 Å². The van der Waals surface area contributed by atoms with Gasteiger partial charge in [0.05, 0.1) is 11.4 Å². The summed E-state index contributed by atoms with van der Waals surface area (Å²) in [6, 6.07) is 9.93. The highest BCUT2D eigenvalue weighted by atomic mass is 16.5. The Bertz CT molecular complexity index is 1040. The van der Waals surface area contributed by atoms with Gasteiger partial charge >= 0.3 is 0 Å². The van der Waals surface area contributed by atoms with Crippen molar-refractivity contribution in [2.75, 3.05) is 38.7 Å². The lowest BCUT2D eigenvalue weighted by atomic mass is 10.1. The van der Waals surface area contributed by atoms with E-state index < -0.39 is 6.10 Å². The largest absolute Gasteiger partial charge is 0.491 e. The van der Waals surface area contributed by atoms with Crippen molar-refractivity contribution >= 4 is 5.82 Å². The summed E-state index contributed by atoms with van der Waals surface area (Å²) in [4.78, 5) is 9.70. The fourth-order valence-corrected chi connectivity index (χ4v) is 3.97. The molecule has 1 fully saturated rings. The summed E-state index contributed by atoms with van der Waals surface area (Å²) >= 11 is 0. The van der Waals surface area contributed by atoms with Crippen LogP contribution in [-0.2, 0) is 4.74 Å². The van der Waals surface area contributed by atoms with Gasteiger partial charge in [0.15, 0.2) is 5.82 Å². The minimum Gasteiger partial charge on any atom is -0.491 e. The Morgan fingerprint density at radius 2 is 2.03 bits per heavy atom. The van der Waals surface area contributed by atoms with E-state index in [0.717, 1.165) is 60.1 Å². The molecule has 0 spiro atoms. The third kappa shape index (κ3) is 5.87. The van der Waals surface area contributed by atoms with E-state index in [1.54, 1.807) is 7.05 Å². The van der Waals surface area contributed by atoms with Crippen LogP contribution in [0.4, 0.5) is 5.82 Å². The van der Waals surface area contributed by atoms with Crippen LogP contribution >= 0.6 is 0 Å². The van der Waals surface area contributed by atoms with Crippen molar-refractivity contribution in [2.45, 2.75) is 38.8 Å². The number of anilines is 1. The molecule has 1 atom stereocenters. The number of ether oxygens (including phenoxy) is 2. The van der Waals surface area contributed by atoms with Gasteiger partial charge < -0.3 is 25.2 Å². The maximum atomic E-state index is 9.94. The lowest BCUT2D eigenvalue weighted by Gasteiger charge is -2.24. The van der Waals surface area contributed by atoms with Gasteiger partial charge in [-0.3, -0.25) is 5.10 Å². The molecule has 1 unspecified atom stereocenters. The zero-order valence-corrected chi connectivity index (χ0v) is 19.4. The molecule has 4 rings (SSSR count). The molecule has 0 amide bonds. The zero-order chi connectivity index (χ0) is 23.2. The first-order valence-corrected chi connectivity index (χ1v) is 11.3. The van der Waals surface area contributed by atoms with Crippen LogP contribution in [0.25, 0.3) is 22.6 Å². The first-order valence-electron chi connectivity index (χ1n) is 11.3. The Kier molecular flexibility index (Phi) is 7.54. The number of likely N-dealkylation sites (N-methyl/N-ethyl adjacent to an activating group) is 1. The minimum atomic E-state index is -0.583. The summed E-state index contributed by atoms with van der Waals surface area (Å²) in [6.45, 7) is 6.14. The lowest BCUT2D eigenvalue weighted by Crippen LogP contribution is -2.29. The standard InChI is InChI=1S/C24H32N6O3/c1-15-23(16(2)30-29-15)21-12-22(26-18-7-9-32-10-8-18)28-24(27-21)17-5-4-6-20(11-17)33-14-19(31)13-25-3/h4-6,11-12,18-19,25,31H,7-10,13-14H2,1-3H3,(H,29,30)(H,26,27,28). The third-order valence-electron chi connectivity index (χ3n) is 5.66. The van der Waals surface area contributed by atoms with E-state index in [1.807, 2.05) is 44.2 Å². The van der Waals surface area contributed by atoms with Crippen molar-refractivity contribution in [1.29, 1.82) is 0 Å². The predicted molar refractivity (Wildman–Crippen MR) is 127 cm³/mol. The maximum absolute atomic E-state index is 9.94. The number of H-pyrrole nitrogens is 1. The number of aliphatic hydroxyl groups excluding tert-OH is 1. The SMILES string of the molecule is CNCC(O)COc1cccc(-c2nc(NC3CCOCC3)cc(-c3c(C)n[nH]c3C)n2)c1. The third-order valence-corrected chi connectivity index (χ3v) is 5.66. The highest BCUT2D eigenvalue weighted by molar-refractivity contribution is 5.71. The second-order valence-electron chi connectivity index (χ2n) is 8.35. The van der Waals surface area contributed by atoms with E-state index in [9.17, 15) is 5.11 Å². The topological polar surface area (TPSA) is 117 Å². The molecule has 1 aliphatic heterocycles. The molecule has 0 radical (unpaired) electrons. The van der Waals surface area contributed by atoms with Crippen LogP contribution in [0.2, 0.25) is 0 Å². The van der Waals surface area contributed by atoms with Crippen molar-refractivity contribution in [3.8, 4) is 28.4 Å². The quantitative estimate of drug-likeness (QED) is 0.392. The number of aromatic nitrogens is 4. The number of aryl methyl sites for hydroxylation is 2. The van der Waals surface area contributed by atoms with Crippen LogP contribution in [0.1, 0.15) is 24.2 Å². The minimum absolute atomic E-state index is 0.204. The second kappa shape index (κ2) is 10.7. The van der Waals surface area contributed by atoms with E-state index in [1.165, 1.54) is 0 Å². The predicted octanol–water partition coefficient (Wildman–Crippen LogP) is 2.70. The van der Waals surface area contributed by atoms with E-state index in [-0.39, 0.29) is 6.61 Å². The van der Waals surface area contributed by atoms with Gasteiger partial charge in [0.2, 0.25) is 0 Å². The van der Waals surface area contributed by atoms with E-state index >= 15 is 0 Å². The number of benzene rings is 1. The molecule has 3 aromatic rings. The van der Waals surface area contributed by atoms with Gasteiger partial charge in [0.1, 0.15) is 24.3 Å². The summed E-state index contributed by atoms with van der Waals surface area (Å²) in [5, 5.41) is 23.8. The fraction of sp³-hybridized carbons (Fsp3) is 0.458. The van der Waals surface area contributed by atoms with Crippen LogP contribution in [0.5, 0.6) is 5.75 Å². The highest BCUT2D eigenvalue weighted by Gasteiger charge is 2.18. The summed E-state index contributed by atoms with van der Waals surface area (Å²) in [6.07, 6.45) is 1.30. The molecule has 3 heterocycles. The first-order chi connectivity index (χ1) is 16.0. The summed E-state index contributed by atoms with van der Waals surface area (Å²) in [5.41, 5.74) is 4.49. The van der Waals surface area contributed by atoms with Gasteiger partial charge in [-0.1, -0.05) is 12.1 Å². The Morgan fingerprint density at radius 1 is 1.21 bits per heavy atom. The summed E-state index contributed by atoms with van der Waals surface area (Å²) in [5.74, 6) is 2.03. The number of hydrogen-bond acceptors (Lipinski definition) is 8. The van der Waals surface area contributed by atoms with Gasteiger partial charge in [-0.05, 0) is 45.9 Å². The van der Waals surface area contributed by atoms with Crippen molar-refractivity contribution in [2.24, 2.45) is 0 Å². The van der Waals surface area contributed by atoms with Gasteiger partial charge in [0, 0.05) is 48.7 Å². The van der Waals surface area contributed by atoms with Crippen LogP contribution < -0.4 is 15.4 Å². The van der Waals surface area contributed by atoms with Crippen LogP contribution in [-0.4, -0.2) is 70.8 Å².